The van der Waals surface area contributed by atoms with E-state index in [2.05, 4.69) is 48.7 Å². The highest BCUT2D eigenvalue weighted by molar-refractivity contribution is 7.26. The molecular weight excluding hydrogens is 312 g/mol. The van der Waals surface area contributed by atoms with Gasteiger partial charge in [0.15, 0.2) is 0 Å². The van der Waals surface area contributed by atoms with Crippen molar-refractivity contribution in [3.63, 3.8) is 0 Å². The van der Waals surface area contributed by atoms with Crippen LogP contribution in [0.3, 0.4) is 0 Å². The lowest BCUT2D eigenvalue weighted by Crippen LogP contribution is -1.80. The molecule has 0 fully saturated rings. The summed E-state index contributed by atoms with van der Waals surface area (Å²) in [4.78, 5) is 7.13. The number of hydrogen-bond acceptors (Lipinski definition) is 3. The second-order valence-electron chi connectivity index (χ2n) is 5.22. The highest BCUT2D eigenvalue weighted by Gasteiger charge is 2.08. The van der Waals surface area contributed by atoms with E-state index in [1.165, 1.54) is 56.5 Å². The van der Waals surface area contributed by atoms with Crippen molar-refractivity contribution in [1.29, 1.82) is 0 Å². The molecule has 3 heteroatoms. The minimum Gasteiger partial charge on any atom is -0.143 e. The number of thiophene rings is 3. The fraction of sp³-hybridized carbons (Fsp3) is 0.333. The molecule has 0 aliphatic rings. The summed E-state index contributed by atoms with van der Waals surface area (Å²) in [6.45, 7) is 2.27. The molecule has 0 aliphatic carbocycles. The summed E-state index contributed by atoms with van der Waals surface area (Å²) in [6.07, 6.45) is 6.63. The van der Waals surface area contributed by atoms with Crippen LogP contribution in [0.2, 0.25) is 0 Å². The number of hydrogen-bond donors (Lipinski definition) is 0. The molecule has 3 rings (SSSR count). The summed E-state index contributed by atoms with van der Waals surface area (Å²) < 4.78 is 0. The van der Waals surface area contributed by atoms with E-state index in [4.69, 9.17) is 0 Å². The predicted octanol–water partition coefficient (Wildman–Crippen LogP) is 7.33. The number of unbranched alkanes of at least 4 members (excludes halogenated alkanes) is 3. The molecule has 0 amide bonds. The number of aryl methyl sites for hydroxylation is 1. The average Bonchev–Trinajstić information content (AvgIpc) is 3.23. The molecule has 0 radical (unpaired) electrons. The summed E-state index contributed by atoms with van der Waals surface area (Å²) in [5.74, 6) is 0. The molecule has 0 spiro atoms. The maximum absolute atomic E-state index is 2.32. The monoisotopic (exact) mass is 332 g/mol. The van der Waals surface area contributed by atoms with Crippen LogP contribution in [0.25, 0.3) is 19.5 Å². The van der Waals surface area contributed by atoms with Gasteiger partial charge in [-0.05, 0) is 48.6 Å². The highest BCUT2D eigenvalue weighted by Crippen LogP contribution is 2.39. The van der Waals surface area contributed by atoms with Crippen molar-refractivity contribution in [2.75, 3.05) is 0 Å². The summed E-state index contributed by atoms with van der Waals surface area (Å²) >= 11 is 5.70. The van der Waals surface area contributed by atoms with Gasteiger partial charge in [0.25, 0.3) is 0 Å². The van der Waals surface area contributed by atoms with Gasteiger partial charge >= 0.3 is 0 Å². The zero-order valence-corrected chi connectivity index (χ0v) is 14.8. The Bertz CT molecular complexity index is 658. The molecule has 0 N–H and O–H groups in total. The zero-order chi connectivity index (χ0) is 14.5. The fourth-order valence-electron chi connectivity index (χ4n) is 2.39. The van der Waals surface area contributed by atoms with Gasteiger partial charge in [-0.1, -0.05) is 32.3 Å². The SMILES string of the molecule is CCCCCCc1ccc(-c2ccc(-c3cccs3)s2)s1. The summed E-state index contributed by atoms with van der Waals surface area (Å²) in [7, 11) is 0. The lowest BCUT2D eigenvalue weighted by molar-refractivity contribution is 0.670. The Morgan fingerprint density at radius 2 is 1.52 bits per heavy atom. The topological polar surface area (TPSA) is 0 Å². The zero-order valence-electron chi connectivity index (χ0n) is 12.3. The van der Waals surface area contributed by atoms with Crippen molar-refractivity contribution in [2.24, 2.45) is 0 Å². The Labute approximate surface area is 139 Å². The quantitative estimate of drug-likeness (QED) is 0.397. The van der Waals surface area contributed by atoms with Crippen molar-refractivity contribution >= 4 is 34.0 Å². The summed E-state index contributed by atoms with van der Waals surface area (Å²) in [6, 6.07) is 13.5. The molecule has 0 saturated heterocycles. The highest BCUT2D eigenvalue weighted by atomic mass is 32.1. The van der Waals surface area contributed by atoms with Gasteiger partial charge in [0.2, 0.25) is 0 Å². The van der Waals surface area contributed by atoms with Crippen LogP contribution in [-0.2, 0) is 6.42 Å². The first kappa shape index (κ1) is 15.0. The summed E-state index contributed by atoms with van der Waals surface area (Å²) in [5, 5.41) is 2.15. The van der Waals surface area contributed by atoms with Crippen LogP contribution in [0, 0.1) is 0 Å². The first-order valence-electron chi connectivity index (χ1n) is 7.59. The van der Waals surface area contributed by atoms with E-state index in [1.54, 1.807) is 0 Å². The van der Waals surface area contributed by atoms with Crippen molar-refractivity contribution in [2.45, 2.75) is 39.0 Å². The Hall–Kier alpha value is -0.900. The van der Waals surface area contributed by atoms with Gasteiger partial charge in [0.05, 0.1) is 0 Å². The second-order valence-corrected chi connectivity index (χ2v) is 8.42. The predicted molar refractivity (Wildman–Crippen MR) is 98.8 cm³/mol. The van der Waals surface area contributed by atoms with E-state index < -0.39 is 0 Å². The maximum atomic E-state index is 2.32. The lowest BCUT2D eigenvalue weighted by atomic mass is 10.1. The normalized spacial score (nSPS) is 11.1. The number of rotatable bonds is 7. The Morgan fingerprint density at radius 3 is 2.29 bits per heavy atom. The van der Waals surface area contributed by atoms with Crippen molar-refractivity contribution < 1.29 is 0 Å². The molecule has 0 nitrogen and oxygen atoms in total. The van der Waals surface area contributed by atoms with Gasteiger partial charge in [0.1, 0.15) is 0 Å². The van der Waals surface area contributed by atoms with Crippen LogP contribution in [0.5, 0.6) is 0 Å². The Balaban J connectivity index is 1.66. The van der Waals surface area contributed by atoms with Gasteiger partial charge in [-0.15, -0.1) is 34.0 Å². The molecule has 0 atom stereocenters. The largest absolute Gasteiger partial charge is 0.143 e. The van der Waals surface area contributed by atoms with E-state index in [1.807, 2.05) is 34.0 Å². The molecule has 0 aliphatic heterocycles. The molecular formula is C18H20S3. The molecule has 3 aromatic heterocycles. The first-order valence-corrected chi connectivity index (χ1v) is 10.1. The van der Waals surface area contributed by atoms with E-state index >= 15 is 0 Å². The van der Waals surface area contributed by atoms with Crippen molar-refractivity contribution in [3.05, 3.63) is 46.7 Å². The van der Waals surface area contributed by atoms with E-state index in [0.717, 1.165) is 0 Å². The molecule has 0 unspecified atom stereocenters. The van der Waals surface area contributed by atoms with Crippen molar-refractivity contribution in [1.82, 2.24) is 0 Å². The van der Waals surface area contributed by atoms with Gasteiger partial charge in [0, 0.05) is 24.4 Å². The molecule has 110 valence electrons. The van der Waals surface area contributed by atoms with Gasteiger partial charge < -0.3 is 0 Å². The fourth-order valence-corrected chi connectivity index (χ4v) is 5.37. The van der Waals surface area contributed by atoms with Crippen LogP contribution in [0.15, 0.2) is 41.8 Å². The van der Waals surface area contributed by atoms with E-state index in [9.17, 15) is 0 Å². The molecule has 3 heterocycles. The smallest absolute Gasteiger partial charge is 0.0449 e. The van der Waals surface area contributed by atoms with Gasteiger partial charge in [-0.3, -0.25) is 0 Å². The van der Waals surface area contributed by atoms with Gasteiger partial charge in [-0.25, -0.2) is 0 Å². The standard InChI is InChI=1S/C18H20S3/c1-2-3-4-5-7-14-9-10-17(20-14)18-12-11-16(21-18)15-8-6-13-19-15/h6,8-13H,2-5,7H2,1H3. The molecule has 0 saturated carbocycles. The molecule has 3 aromatic rings. The van der Waals surface area contributed by atoms with Crippen LogP contribution >= 0.6 is 34.0 Å². The Morgan fingerprint density at radius 1 is 0.762 bits per heavy atom. The van der Waals surface area contributed by atoms with Crippen LogP contribution < -0.4 is 0 Å². The first-order chi connectivity index (χ1) is 10.4. The van der Waals surface area contributed by atoms with Crippen LogP contribution in [-0.4, -0.2) is 0 Å². The summed E-state index contributed by atoms with van der Waals surface area (Å²) in [5.41, 5.74) is 0. The minimum absolute atomic E-state index is 1.24. The maximum Gasteiger partial charge on any atom is 0.0449 e. The third-order valence-corrected chi connectivity index (χ3v) is 7.04. The molecule has 0 aromatic carbocycles. The third-order valence-electron chi connectivity index (χ3n) is 3.55. The van der Waals surface area contributed by atoms with Crippen molar-refractivity contribution in [3.8, 4) is 19.5 Å². The van der Waals surface area contributed by atoms with Crippen LogP contribution in [0.1, 0.15) is 37.5 Å². The minimum atomic E-state index is 1.24. The Kier molecular flexibility index (Phi) is 5.28. The van der Waals surface area contributed by atoms with Crippen LogP contribution in [0.4, 0.5) is 0 Å². The van der Waals surface area contributed by atoms with Gasteiger partial charge in [-0.2, -0.15) is 0 Å². The molecule has 0 bridgehead atoms. The van der Waals surface area contributed by atoms with E-state index in [0.29, 0.717) is 0 Å². The average molecular weight is 333 g/mol. The molecule has 21 heavy (non-hydrogen) atoms. The van der Waals surface area contributed by atoms with E-state index in [-0.39, 0.29) is 0 Å². The lowest BCUT2D eigenvalue weighted by Gasteiger charge is -1.96. The second kappa shape index (κ2) is 7.39. The third kappa shape index (κ3) is 3.85.